The molecule has 1 aliphatic heterocycles. The number of rotatable bonds is 5. The van der Waals surface area contributed by atoms with E-state index < -0.39 is 9.84 Å². The Hall–Kier alpha value is -1.25. The van der Waals surface area contributed by atoms with Crippen LogP contribution >= 0.6 is 15.9 Å². The van der Waals surface area contributed by atoms with E-state index in [1.54, 1.807) is 0 Å². The summed E-state index contributed by atoms with van der Waals surface area (Å²) in [5.74, 6) is 0.879. The second-order valence-electron chi connectivity index (χ2n) is 6.42. The van der Waals surface area contributed by atoms with E-state index in [0.29, 0.717) is 19.8 Å². The van der Waals surface area contributed by atoms with Gasteiger partial charge in [0.05, 0.1) is 11.3 Å². The normalized spacial score (nSPS) is 17.8. The van der Waals surface area contributed by atoms with Crippen molar-refractivity contribution in [1.82, 2.24) is 9.97 Å². The highest BCUT2D eigenvalue weighted by Crippen LogP contribution is 2.33. The maximum atomic E-state index is 11.9. The zero-order valence-corrected chi connectivity index (χ0v) is 15.9. The summed E-state index contributed by atoms with van der Waals surface area (Å²) in [6.07, 6.45) is 4.26. The van der Waals surface area contributed by atoms with Crippen LogP contribution in [0.5, 0.6) is 0 Å². The largest absolute Gasteiger partial charge is 0.381 e. The molecule has 1 aromatic carbocycles. The molecule has 0 aliphatic carbocycles. The number of hydrogen-bond donors (Lipinski definition) is 1. The van der Waals surface area contributed by atoms with E-state index in [1.165, 1.54) is 12.6 Å². The van der Waals surface area contributed by atoms with Crippen LogP contribution in [0.2, 0.25) is 0 Å². The molecule has 130 valence electrons. The first kappa shape index (κ1) is 17.6. The Kier molecular flexibility index (Phi) is 5.08. The maximum absolute atomic E-state index is 11.9. The second kappa shape index (κ2) is 6.93. The van der Waals surface area contributed by atoms with E-state index in [9.17, 15) is 8.42 Å². The Labute approximate surface area is 150 Å². The fraction of sp³-hybridized carbons (Fsp3) is 0.500. The minimum Gasteiger partial charge on any atom is -0.381 e. The highest BCUT2D eigenvalue weighted by atomic mass is 79.9. The molecule has 1 aliphatic rings. The lowest BCUT2D eigenvalue weighted by Crippen LogP contribution is -2.41. The topological polar surface area (TPSA) is 81.2 Å². The van der Waals surface area contributed by atoms with Crippen LogP contribution in [0.4, 0.5) is 5.82 Å². The quantitative estimate of drug-likeness (QED) is 0.810. The average molecular weight is 414 g/mol. The molecule has 0 saturated carbocycles. The van der Waals surface area contributed by atoms with Crippen LogP contribution in [0.25, 0.3) is 10.9 Å². The van der Waals surface area contributed by atoms with Crippen LogP contribution in [0.1, 0.15) is 12.8 Å². The zero-order chi connectivity index (χ0) is 17.2. The number of nitrogens with one attached hydrogen (secondary N) is 1. The van der Waals surface area contributed by atoms with Gasteiger partial charge in [0.1, 0.15) is 22.0 Å². The monoisotopic (exact) mass is 413 g/mol. The number of hydrogen-bond acceptors (Lipinski definition) is 6. The smallest absolute Gasteiger partial charge is 0.148 e. The average Bonchev–Trinajstić information content (AvgIpc) is 2.52. The molecule has 2 heterocycles. The van der Waals surface area contributed by atoms with Gasteiger partial charge in [-0.25, -0.2) is 18.4 Å². The first-order chi connectivity index (χ1) is 11.4. The van der Waals surface area contributed by atoms with Gasteiger partial charge in [0.25, 0.3) is 0 Å². The van der Waals surface area contributed by atoms with Gasteiger partial charge >= 0.3 is 0 Å². The van der Waals surface area contributed by atoms with Crippen molar-refractivity contribution in [2.24, 2.45) is 5.41 Å². The first-order valence-corrected chi connectivity index (χ1v) is 10.6. The summed E-state index contributed by atoms with van der Waals surface area (Å²) >= 11 is 3.47. The number of fused-ring (bicyclic) bond motifs is 1. The lowest BCUT2D eigenvalue weighted by Gasteiger charge is -2.36. The van der Waals surface area contributed by atoms with Crippen molar-refractivity contribution >= 4 is 42.5 Å². The molecule has 0 amide bonds. The number of sulfone groups is 1. The standard InChI is InChI=1S/C16H20BrN3O3S/c1-24(21,22)10-16(4-6-23-7-5-16)9-18-15-13-8-12(17)2-3-14(13)19-11-20-15/h2-3,8,11H,4-7,9-10H2,1H3,(H,18,19,20). The Bertz CT molecular complexity index is 836. The molecule has 0 radical (unpaired) electrons. The molecule has 0 atom stereocenters. The first-order valence-electron chi connectivity index (χ1n) is 7.77. The van der Waals surface area contributed by atoms with Gasteiger partial charge in [0.15, 0.2) is 0 Å². The highest BCUT2D eigenvalue weighted by Gasteiger charge is 2.36. The minimum atomic E-state index is -3.07. The van der Waals surface area contributed by atoms with Crippen molar-refractivity contribution in [2.75, 3.05) is 37.1 Å². The molecule has 0 spiro atoms. The third kappa shape index (κ3) is 4.23. The molecule has 1 fully saturated rings. The Morgan fingerprint density at radius 2 is 2.04 bits per heavy atom. The van der Waals surface area contributed by atoms with Crippen molar-refractivity contribution in [3.63, 3.8) is 0 Å². The van der Waals surface area contributed by atoms with Crippen LogP contribution in [-0.2, 0) is 14.6 Å². The van der Waals surface area contributed by atoms with Crippen LogP contribution < -0.4 is 5.32 Å². The maximum Gasteiger partial charge on any atom is 0.148 e. The third-order valence-corrected chi connectivity index (χ3v) is 5.98. The summed E-state index contributed by atoms with van der Waals surface area (Å²) in [6.45, 7) is 1.72. The fourth-order valence-electron chi connectivity index (χ4n) is 3.17. The molecule has 1 saturated heterocycles. The summed E-state index contributed by atoms with van der Waals surface area (Å²) < 4.78 is 30.1. The van der Waals surface area contributed by atoms with Crippen molar-refractivity contribution in [3.8, 4) is 0 Å². The van der Waals surface area contributed by atoms with E-state index in [2.05, 4.69) is 31.2 Å². The van der Waals surface area contributed by atoms with Gasteiger partial charge in [0, 0.05) is 41.3 Å². The van der Waals surface area contributed by atoms with Gasteiger partial charge in [-0.3, -0.25) is 0 Å². The second-order valence-corrected chi connectivity index (χ2v) is 9.48. The number of halogens is 1. The summed E-state index contributed by atoms with van der Waals surface area (Å²) in [6, 6.07) is 5.82. The van der Waals surface area contributed by atoms with E-state index in [4.69, 9.17) is 4.74 Å². The lowest BCUT2D eigenvalue weighted by atomic mass is 9.82. The van der Waals surface area contributed by atoms with Gasteiger partial charge in [-0.2, -0.15) is 0 Å². The summed E-state index contributed by atoms with van der Waals surface area (Å²) in [5, 5.41) is 4.27. The number of ether oxygens (including phenoxy) is 1. The number of benzene rings is 1. The molecule has 3 rings (SSSR count). The molecule has 8 heteroatoms. The van der Waals surface area contributed by atoms with Gasteiger partial charge in [-0.15, -0.1) is 0 Å². The van der Waals surface area contributed by atoms with E-state index >= 15 is 0 Å². The lowest BCUT2D eigenvalue weighted by molar-refractivity contribution is 0.0315. The molecule has 0 unspecified atom stereocenters. The third-order valence-electron chi connectivity index (χ3n) is 4.35. The molecule has 6 nitrogen and oxygen atoms in total. The zero-order valence-electron chi connectivity index (χ0n) is 13.5. The number of aromatic nitrogens is 2. The van der Waals surface area contributed by atoms with Crippen molar-refractivity contribution < 1.29 is 13.2 Å². The predicted octanol–water partition coefficient (Wildman–Crippen LogP) is 2.65. The van der Waals surface area contributed by atoms with Gasteiger partial charge in [-0.1, -0.05) is 15.9 Å². The molecule has 0 bridgehead atoms. The Morgan fingerprint density at radius 1 is 1.29 bits per heavy atom. The van der Waals surface area contributed by atoms with Crippen LogP contribution in [0.15, 0.2) is 29.0 Å². The van der Waals surface area contributed by atoms with Gasteiger partial charge in [0.2, 0.25) is 0 Å². The molecule has 1 N–H and O–H groups in total. The molecular weight excluding hydrogens is 394 g/mol. The SMILES string of the molecule is CS(=O)(=O)CC1(CNc2ncnc3ccc(Br)cc23)CCOCC1. The fourth-order valence-corrected chi connectivity index (χ4v) is 5.04. The van der Waals surface area contributed by atoms with Crippen LogP contribution in [0, 0.1) is 5.41 Å². The molecule has 24 heavy (non-hydrogen) atoms. The summed E-state index contributed by atoms with van der Waals surface area (Å²) in [4.78, 5) is 8.60. The predicted molar refractivity (Wildman–Crippen MR) is 97.9 cm³/mol. The van der Waals surface area contributed by atoms with Crippen LogP contribution in [0.3, 0.4) is 0 Å². The number of nitrogens with zero attached hydrogens (tertiary/aromatic N) is 2. The van der Waals surface area contributed by atoms with E-state index in [0.717, 1.165) is 34.0 Å². The van der Waals surface area contributed by atoms with E-state index in [-0.39, 0.29) is 11.2 Å². The van der Waals surface area contributed by atoms with E-state index in [1.807, 2.05) is 18.2 Å². The van der Waals surface area contributed by atoms with Crippen LogP contribution in [-0.4, -0.2) is 50.2 Å². The Balaban J connectivity index is 1.86. The summed E-state index contributed by atoms with van der Waals surface area (Å²) in [7, 11) is -3.07. The number of anilines is 1. The van der Waals surface area contributed by atoms with Crippen molar-refractivity contribution in [2.45, 2.75) is 12.8 Å². The van der Waals surface area contributed by atoms with Gasteiger partial charge < -0.3 is 10.1 Å². The molecule has 2 aromatic rings. The van der Waals surface area contributed by atoms with Gasteiger partial charge in [-0.05, 0) is 31.0 Å². The van der Waals surface area contributed by atoms with Crippen molar-refractivity contribution in [3.05, 3.63) is 29.0 Å². The summed E-state index contributed by atoms with van der Waals surface area (Å²) in [5.41, 5.74) is 0.523. The Morgan fingerprint density at radius 3 is 2.75 bits per heavy atom. The molecule has 1 aromatic heterocycles. The minimum absolute atomic E-state index is 0.156. The molecular formula is C16H20BrN3O3S. The van der Waals surface area contributed by atoms with Crippen molar-refractivity contribution in [1.29, 1.82) is 0 Å². The highest BCUT2D eigenvalue weighted by molar-refractivity contribution is 9.10.